The monoisotopic (exact) mass is 313 g/mol. The smallest absolute Gasteiger partial charge is 0.321 e. The van der Waals surface area contributed by atoms with E-state index in [0.29, 0.717) is 18.0 Å². The van der Waals surface area contributed by atoms with E-state index in [1.807, 2.05) is 27.7 Å². The molecule has 0 spiro atoms. The lowest BCUT2D eigenvalue weighted by molar-refractivity contribution is -0.149. The topological polar surface area (TPSA) is 91.3 Å². The molecule has 0 saturated carbocycles. The Hall–Kier alpha value is -1.63. The molecule has 21 heavy (non-hydrogen) atoms. The lowest BCUT2D eigenvalue weighted by Crippen LogP contribution is -2.43. The van der Waals surface area contributed by atoms with Gasteiger partial charge >= 0.3 is 12.0 Å². The van der Waals surface area contributed by atoms with E-state index < -0.39 is 17.4 Å². The minimum Gasteiger partial charge on any atom is -0.481 e. The molecule has 0 aliphatic carbocycles. The van der Waals surface area contributed by atoms with Gasteiger partial charge in [-0.25, -0.2) is 9.78 Å². The lowest BCUT2D eigenvalue weighted by atomic mass is 9.82. The first kappa shape index (κ1) is 17.4. The summed E-state index contributed by atoms with van der Waals surface area (Å²) in [6.07, 6.45) is 1.75. The third kappa shape index (κ3) is 4.17. The molecular formula is C14H23N3O3S. The number of carboxylic acids is 1. The van der Waals surface area contributed by atoms with E-state index in [9.17, 15) is 14.7 Å². The van der Waals surface area contributed by atoms with Crippen molar-refractivity contribution >= 4 is 28.5 Å². The van der Waals surface area contributed by atoms with Crippen LogP contribution in [-0.4, -0.2) is 28.6 Å². The molecule has 1 aromatic rings. The first-order chi connectivity index (χ1) is 9.88. The molecule has 7 heteroatoms. The predicted molar refractivity (Wildman–Crippen MR) is 83.9 cm³/mol. The molecule has 0 aromatic carbocycles. The molecule has 0 bridgehead atoms. The molecule has 3 N–H and O–H groups in total. The molecule has 118 valence electrons. The van der Waals surface area contributed by atoms with Crippen LogP contribution in [0.3, 0.4) is 0 Å². The summed E-state index contributed by atoms with van der Waals surface area (Å²) in [6.45, 7) is 7.70. The van der Waals surface area contributed by atoms with Gasteiger partial charge in [-0.3, -0.25) is 10.1 Å². The van der Waals surface area contributed by atoms with Gasteiger partial charge in [0.25, 0.3) is 0 Å². The summed E-state index contributed by atoms with van der Waals surface area (Å²) in [4.78, 5) is 28.6. The van der Waals surface area contributed by atoms with Crippen molar-refractivity contribution in [2.75, 3.05) is 11.9 Å². The summed E-state index contributed by atoms with van der Waals surface area (Å²) in [5, 5.41) is 15.2. The van der Waals surface area contributed by atoms with Crippen LogP contribution in [0.25, 0.3) is 0 Å². The van der Waals surface area contributed by atoms with Gasteiger partial charge in [-0.15, -0.1) is 11.3 Å². The van der Waals surface area contributed by atoms with Crippen molar-refractivity contribution in [1.29, 1.82) is 0 Å². The summed E-state index contributed by atoms with van der Waals surface area (Å²) in [5.41, 5.74) is 0.0577. The predicted octanol–water partition coefficient (Wildman–Crippen LogP) is 3.03. The van der Waals surface area contributed by atoms with Gasteiger partial charge in [0, 0.05) is 11.4 Å². The molecular weight excluding hydrogens is 290 g/mol. The first-order valence-corrected chi connectivity index (χ1v) is 7.94. The van der Waals surface area contributed by atoms with Gasteiger partial charge in [0.15, 0.2) is 5.13 Å². The van der Waals surface area contributed by atoms with Crippen LogP contribution in [0.15, 0.2) is 0 Å². The van der Waals surface area contributed by atoms with Crippen molar-refractivity contribution in [3.63, 3.8) is 0 Å². The number of aryl methyl sites for hydroxylation is 2. The number of carbonyl (C=O) groups is 2. The number of nitrogens with zero attached hydrogens (tertiary/aromatic N) is 1. The van der Waals surface area contributed by atoms with Crippen molar-refractivity contribution in [3.8, 4) is 0 Å². The number of rotatable bonds is 7. The molecule has 0 aliphatic heterocycles. The average Bonchev–Trinajstić information content (AvgIpc) is 2.80. The largest absolute Gasteiger partial charge is 0.481 e. The third-order valence-corrected chi connectivity index (χ3v) is 4.77. The molecule has 0 saturated heterocycles. The van der Waals surface area contributed by atoms with Crippen molar-refractivity contribution in [2.24, 2.45) is 5.41 Å². The SMILES string of the molecule is CCc1nc(NC(=O)NCC(CC)(CC)C(=O)O)sc1C. The van der Waals surface area contributed by atoms with Crippen LogP contribution in [0.4, 0.5) is 9.93 Å². The molecule has 0 aliphatic rings. The number of anilines is 1. The van der Waals surface area contributed by atoms with Crippen molar-refractivity contribution in [3.05, 3.63) is 10.6 Å². The number of hydrogen-bond donors (Lipinski definition) is 3. The fourth-order valence-electron chi connectivity index (χ4n) is 2.08. The number of urea groups is 1. The zero-order valence-electron chi connectivity index (χ0n) is 12.9. The van der Waals surface area contributed by atoms with Gasteiger partial charge in [-0.1, -0.05) is 20.8 Å². The quantitative estimate of drug-likeness (QED) is 0.721. The molecule has 0 radical (unpaired) electrons. The van der Waals surface area contributed by atoms with Crippen LogP contribution in [0.5, 0.6) is 0 Å². The number of aliphatic carboxylic acids is 1. The maximum atomic E-state index is 11.9. The highest BCUT2D eigenvalue weighted by atomic mass is 32.1. The second kappa shape index (κ2) is 7.40. The number of carbonyl (C=O) groups excluding carboxylic acids is 1. The molecule has 1 heterocycles. The molecule has 0 atom stereocenters. The minimum absolute atomic E-state index is 0.103. The number of hydrogen-bond acceptors (Lipinski definition) is 4. The Morgan fingerprint density at radius 2 is 1.90 bits per heavy atom. The van der Waals surface area contributed by atoms with Gasteiger partial charge in [0.1, 0.15) is 0 Å². The van der Waals surface area contributed by atoms with Crippen molar-refractivity contribution in [2.45, 2.75) is 47.0 Å². The van der Waals surface area contributed by atoms with E-state index in [1.165, 1.54) is 11.3 Å². The van der Waals surface area contributed by atoms with Crippen molar-refractivity contribution in [1.82, 2.24) is 10.3 Å². The molecule has 0 fully saturated rings. The van der Waals surface area contributed by atoms with E-state index in [4.69, 9.17) is 0 Å². The summed E-state index contributed by atoms with van der Waals surface area (Å²) < 4.78 is 0. The standard InChI is InChI=1S/C14H23N3O3S/c1-5-10-9(4)21-13(16-10)17-12(20)15-8-14(6-2,7-3)11(18)19/h5-8H2,1-4H3,(H,18,19)(H2,15,16,17,20). The summed E-state index contributed by atoms with van der Waals surface area (Å²) >= 11 is 1.42. The zero-order chi connectivity index (χ0) is 16.0. The van der Waals surface area contributed by atoms with Gasteiger partial charge in [-0.05, 0) is 26.2 Å². The normalized spacial score (nSPS) is 11.2. The van der Waals surface area contributed by atoms with Gasteiger partial charge in [-0.2, -0.15) is 0 Å². The van der Waals surface area contributed by atoms with Crippen LogP contribution in [-0.2, 0) is 11.2 Å². The van der Waals surface area contributed by atoms with E-state index in [-0.39, 0.29) is 6.54 Å². The highest BCUT2D eigenvalue weighted by molar-refractivity contribution is 7.15. The Labute approximate surface area is 129 Å². The fraction of sp³-hybridized carbons (Fsp3) is 0.643. The van der Waals surface area contributed by atoms with E-state index in [1.54, 1.807) is 0 Å². The van der Waals surface area contributed by atoms with Crippen LogP contribution in [0, 0.1) is 12.3 Å². The molecule has 0 unspecified atom stereocenters. The van der Waals surface area contributed by atoms with Crippen LogP contribution >= 0.6 is 11.3 Å². The number of carboxylic acid groups (broad SMARTS) is 1. The molecule has 1 aromatic heterocycles. The first-order valence-electron chi connectivity index (χ1n) is 7.13. The Morgan fingerprint density at radius 3 is 2.33 bits per heavy atom. The summed E-state index contributed by atoms with van der Waals surface area (Å²) in [7, 11) is 0. The zero-order valence-corrected chi connectivity index (χ0v) is 13.8. The highest BCUT2D eigenvalue weighted by Gasteiger charge is 2.35. The highest BCUT2D eigenvalue weighted by Crippen LogP contribution is 2.26. The number of nitrogens with one attached hydrogen (secondary N) is 2. The number of aromatic nitrogens is 1. The maximum Gasteiger partial charge on any atom is 0.321 e. The van der Waals surface area contributed by atoms with E-state index in [2.05, 4.69) is 15.6 Å². The molecule has 1 rings (SSSR count). The molecule has 6 nitrogen and oxygen atoms in total. The van der Waals surface area contributed by atoms with Crippen LogP contribution in [0.2, 0.25) is 0 Å². The third-order valence-electron chi connectivity index (χ3n) is 3.84. The van der Waals surface area contributed by atoms with Crippen molar-refractivity contribution < 1.29 is 14.7 Å². The summed E-state index contributed by atoms with van der Waals surface area (Å²) in [5.74, 6) is -0.883. The van der Waals surface area contributed by atoms with E-state index >= 15 is 0 Å². The lowest BCUT2D eigenvalue weighted by Gasteiger charge is -2.26. The Kier molecular flexibility index (Phi) is 6.14. The fourth-order valence-corrected chi connectivity index (χ4v) is 2.98. The van der Waals surface area contributed by atoms with Crippen LogP contribution < -0.4 is 10.6 Å². The maximum absolute atomic E-state index is 11.9. The second-order valence-corrected chi connectivity index (χ2v) is 6.18. The summed E-state index contributed by atoms with van der Waals surface area (Å²) in [6, 6.07) is -0.418. The van der Waals surface area contributed by atoms with Crippen LogP contribution in [0.1, 0.15) is 44.2 Å². The number of thiazole rings is 1. The van der Waals surface area contributed by atoms with Gasteiger partial charge < -0.3 is 10.4 Å². The number of amides is 2. The Morgan fingerprint density at radius 1 is 1.29 bits per heavy atom. The second-order valence-electron chi connectivity index (χ2n) is 4.98. The van der Waals surface area contributed by atoms with Gasteiger partial charge in [0.2, 0.25) is 0 Å². The average molecular weight is 313 g/mol. The molecule has 2 amide bonds. The van der Waals surface area contributed by atoms with E-state index in [0.717, 1.165) is 17.0 Å². The van der Waals surface area contributed by atoms with Gasteiger partial charge in [0.05, 0.1) is 11.1 Å². The minimum atomic E-state index is -0.912. The Balaban J connectivity index is 2.63. The Bertz CT molecular complexity index is 510.